The first kappa shape index (κ1) is 24.1. The summed E-state index contributed by atoms with van der Waals surface area (Å²) in [4.78, 5) is 37.6. The van der Waals surface area contributed by atoms with Crippen LogP contribution in [0.5, 0.6) is 5.75 Å². The smallest absolute Gasteiger partial charge is 0.331 e. The Hall–Kier alpha value is -3.60. The van der Waals surface area contributed by atoms with Crippen LogP contribution in [-0.2, 0) is 19.6 Å². The van der Waals surface area contributed by atoms with Crippen molar-refractivity contribution in [3.63, 3.8) is 0 Å². The molecule has 1 heterocycles. The van der Waals surface area contributed by atoms with Crippen LogP contribution in [-0.4, -0.2) is 46.0 Å². The van der Waals surface area contributed by atoms with E-state index in [1.165, 1.54) is 24.3 Å². The summed E-state index contributed by atoms with van der Waals surface area (Å²) in [6.45, 7) is 4.07. The van der Waals surface area contributed by atoms with E-state index in [0.717, 1.165) is 18.4 Å². The molecule has 0 aliphatic carbocycles. The minimum absolute atomic E-state index is 0.0625. The van der Waals surface area contributed by atoms with Crippen LogP contribution < -0.4 is 25.0 Å². The molecule has 10 nitrogen and oxygen atoms in total. The van der Waals surface area contributed by atoms with Gasteiger partial charge in [0.1, 0.15) is 6.54 Å². The van der Waals surface area contributed by atoms with Crippen LogP contribution in [0.2, 0.25) is 0 Å². The van der Waals surface area contributed by atoms with Crippen LogP contribution in [0, 0.1) is 6.92 Å². The molecule has 3 amide bonds. The average molecular weight is 475 g/mol. The van der Waals surface area contributed by atoms with Crippen molar-refractivity contribution in [1.82, 2.24) is 10.0 Å². The number of unbranched alkanes of at least 4 members (excludes halogenated alkanes) is 1. The maximum Gasteiger partial charge on any atom is 0.331 e. The van der Waals surface area contributed by atoms with Crippen molar-refractivity contribution in [3.05, 3.63) is 48.0 Å². The van der Waals surface area contributed by atoms with Gasteiger partial charge in [0.25, 0.3) is 10.0 Å². The third kappa shape index (κ3) is 6.45. The molecule has 0 saturated carbocycles. The fourth-order valence-corrected chi connectivity index (χ4v) is 4.11. The zero-order chi connectivity index (χ0) is 24.0. The largest absolute Gasteiger partial charge is 0.423 e. The highest BCUT2D eigenvalue weighted by atomic mass is 32.2. The summed E-state index contributed by atoms with van der Waals surface area (Å²) in [5.41, 5.74) is 1.98. The van der Waals surface area contributed by atoms with Crippen LogP contribution in [0.3, 0.4) is 0 Å². The maximum atomic E-state index is 12.5. The minimum Gasteiger partial charge on any atom is -0.423 e. The van der Waals surface area contributed by atoms with E-state index in [2.05, 4.69) is 10.6 Å². The number of esters is 1. The second-order valence-corrected chi connectivity index (χ2v) is 9.27. The molecule has 33 heavy (non-hydrogen) atoms. The Morgan fingerprint density at radius 1 is 1.12 bits per heavy atom. The van der Waals surface area contributed by atoms with Crippen molar-refractivity contribution in [3.8, 4) is 5.75 Å². The van der Waals surface area contributed by atoms with Gasteiger partial charge in [-0.25, -0.2) is 22.7 Å². The van der Waals surface area contributed by atoms with E-state index in [0.29, 0.717) is 23.7 Å². The van der Waals surface area contributed by atoms with E-state index in [4.69, 9.17) is 4.74 Å². The SMILES string of the molecule is CCCCNC(=O)NS(=O)(=O)c1ccc(NC(=O)CN2CC(=O)Oc3ccc(C)cc32)cc1. The van der Waals surface area contributed by atoms with E-state index in [1.54, 1.807) is 11.0 Å². The molecule has 0 unspecified atom stereocenters. The van der Waals surface area contributed by atoms with Crippen LogP contribution in [0.1, 0.15) is 25.3 Å². The van der Waals surface area contributed by atoms with Gasteiger partial charge in [-0.15, -0.1) is 0 Å². The first-order valence-electron chi connectivity index (χ1n) is 10.4. The lowest BCUT2D eigenvalue weighted by Gasteiger charge is -2.29. The molecule has 3 rings (SSSR count). The fraction of sp³-hybridized carbons (Fsp3) is 0.318. The molecule has 3 N–H and O–H groups in total. The molecule has 11 heteroatoms. The number of rotatable bonds is 8. The minimum atomic E-state index is -4.04. The summed E-state index contributed by atoms with van der Waals surface area (Å²) >= 11 is 0. The van der Waals surface area contributed by atoms with Gasteiger partial charge in [0.15, 0.2) is 5.75 Å². The zero-order valence-electron chi connectivity index (χ0n) is 18.4. The van der Waals surface area contributed by atoms with Crippen molar-refractivity contribution in [2.75, 3.05) is 29.9 Å². The number of ether oxygens (including phenoxy) is 1. The van der Waals surface area contributed by atoms with Crippen molar-refractivity contribution in [1.29, 1.82) is 0 Å². The number of carbonyl (C=O) groups excluding carboxylic acids is 3. The number of anilines is 2. The van der Waals surface area contributed by atoms with E-state index < -0.39 is 22.0 Å². The van der Waals surface area contributed by atoms with Crippen molar-refractivity contribution in [2.45, 2.75) is 31.6 Å². The number of nitrogens with one attached hydrogen (secondary N) is 3. The van der Waals surface area contributed by atoms with E-state index in [1.807, 2.05) is 30.7 Å². The summed E-state index contributed by atoms with van der Waals surface area (Å²) < 4.78 is 31.8. The van der Waals surface area contributed by atoms with Gasteiger partial charge in [-0.05, 0) is 55.3 Å². The topological polar surface area (TPSA) is 134 Å². The monoisotopic (exact) mass is 474 g/mol. The molecule has 0 aromatic heterocycles. The number of nitrogens with zero attached hydrogens (tertiary/aromatic N) is 1. The number of sulfonamides is 1. The van der Waals surface area contributed by atoms with Crippen molar-refractivity contribution < 1.29 is 27.5 Å². The Morgan fingerprint density at radius 2 is 1.85 bits per heavy atom. The molecule has 1 aliphatic heterocycles. The molecule has 2 aromatic carbocycles. The molecular formula is C22H26N4O6S. The summed E-state index contributed by atoms with van der Waals surface area (Å²) in [6.07, 6.45) is 1.61. The predicted molar refractivity (Wildman–Crippen MR) is 123 cm³/mol. The van der Waals surface area contributed by atoms with Crippen LogP contribution in [0.15, 0.2) is 47.4 Å². The number of aryl methyl sites for hydroxylation is 1. The predicted octanol–water partition coefficient (Wildman–Crippen LogP) is 2.15. The highest BCUT2D eigenvalue weighted by molar-refractivity contribution is 7.90. The lowest BCUT2D eigenvalue weighted by atomic mass is 10.1. The van der Waals surface area contributed by atoms with Gasteiger partial charge in [0.2, 0.25) is 5.91 Å². The number of carbonyl (C=O) groups is 3. The van der Waals surface area contributed by atoms with Gasteiger partial charge >= 0.3 is 12.0 Å². The van der Waals surface area contributed by atoms with Crippen LogP contribution in [0.4, 0.5) is 16.2 Å². The first-order valence-corrected chi connectivity index (χ1v) is 11.9. The van der Waals surface area contributed by atoms with E-state index in [9.17, 15) is 22.8 Å². The standard InChI is InChI=1S/C22H26N4O6S/c1-3-4-11-23-22(29)25-33(30,31)17-8-6-16(7-9-17)24-20(27)13-26-14-21(28)32-19-10-5-15(2)12-18(19)26/h5-10,12H,3-4,11,13-14H2,1-2H3,(H,24,27)(H2,23,25,29). The fourth-order valence-electron chi connectivity index (χ4n) is 3.18. The van der Waals surface area contributed by atoms with Crippen LogP contribution in [0.25, 0.3) is 0 Å². The van der Waals surface area contributed by atoms with Crippen LogP contribution >= 0.6 is 0 Å². The third-order valence-corrected chi connectivity index (χ3v) is 6.17. The Morgan fingerprint density at radius 3 is 2.55 bits per heavy atom. The lowest BCUT2D eigenvalue weighted by Crippen LogP contribution is -2.41. The summed E-state index contributed by atoms with van der Waals surface area (Å²) in [5, 5.41) is 5.15. The third-order valence-electron chi connectivity index (χ3n) is 4.82. The van der Waals surface area contributed by atoms with Crippen molar-refractivity contribution >= 4 is 39.3 Å². The van der Waals surface area contributed by atoms with Gasteiger partial charge in [0, 0.05) is 12.2 Å². The highest BCUT2D eigenvalue weighted by Gasteiger charge is 2.26. The molecule has 1 aliphatic rings. The Labute approximate surface area is 192 Å². The highest BCUT2D eigenvalue weighted by Crippen LogP contribution is 2.32. The lowest BCUT2D eigenvalue weighted by molar-refractivity contribution is -0.133. The number of amides is 3. The molecule has 2 aromatic rings. The molecule has 0 spiro atoms. The van der Waals surface area contributed by atoms with Gasteiger partial charge in [-0.2, -0.15) is 0 Å². The van der Waals surface area contributed by atoms with Gasteiger partial charge in [-0.1, -0.05) is 19.4 Å². The summed E-state index contributed by atoms with van der Waals surface area (Å²) in [6, 6.07) is 9.95. The Bertz CT molecular complexity index is 1150. The van der Waals surface area contributed by atoms with E-state index >= 15 is 0 Å². The Balaban J connectivity index is 1.61. The normalized spacial score (nSPS) is 13.0. The quantitative estimate of drug-likeness (QED) is 0.303. The summed E-state index contributed by atoms with van der Waals surface area (Å²) in [5.74, 6) is -0.452. The molecule has 0 atom stereocenters. The first-order chi connectivity index (χ1) is 15.7. The molecule has 0 radical (unpaired) electrons. The number of fused-ring (bicyclic) bond motifs is 1. The molecule has 0 saturated heterocycles. The van der Waals surface area contributed by atoms with E-state index in [-0.39, 0.29) is 23.9 Å². The average Bonchev–Trinajstić information content (AvgIpc) is 2.74. The molecule has 0 bridgehead atoms. The molecular weight excluding hydrogens is 448 g/mol. The molecule has 176 valence electrons. The number of urea groups is 1. The zero-order valence-corrected chi connectivity index (χ0v) is 19.2. The maximum absolute atomic E-state index is 12.5. The van der Waals surface area contributed by atoms with Gasteiger partial charge in [-0.3, -0.25) is 4.79 Å². The number of hydrogen-bond donors (Lipinski definition) is 3. The molecule has 0 fully saturated rings. The van der Waals surface area contributed by atoms with Gasteiger partial charge < -0.3 is 20.3 Å². The summed E-state index contributed by atoms with van der Waals surface area (Å²) in [7, 11) is -4.04. The Kier molecular flexibility index (Phi) is 7.54. The van der Waals surface area contributed by atoms with Crippen molar-refractivity contribution in [2.24, 2.45) is 0 Å². The second-order valence-electron chi connectivity index (χ2n) is 7.59. The second kappa shape index (κ2) is 10.3. The van der Waals surface area contributed by atoms with Gasteiger partial charge in [0.05, 0.1) is 17.1 Å². The number of benzene rings is 2. The number of hydrogen-bond acceptors (Lipinski definition) is 7.